The van der Waals surface area contributed by atoms with Crippen molar-refractivity contribution >= 4 is 17.5 Å². The number of piperidine rings is 1. The molecule has 27 heavy (non-hydrogen) atoms. The lowest BCUT2D eigenvalue weighted by molar-refractivity contribution is -0.132. The molecule has 2 aromatic rings. The van der Waals surface area contributed by atoms with Crippen LogP contribution in [0.3, 0.4) is 0 Å². The minimum Gasteiger partial charge on any atom is -0.393 e. The van der Waals surface area contributed by atoms with Crippen molar-refractivity contribution < 1.29 is 14.7 Å². The number of aliphatic hydroxyl groups excluding tert-OH is 1. The van der Waals surface area contributed by atoms with Gasteiger partial charge in [-0.05, 0) is 67.6 Å². The van der Waals surface area contributed by atoms with Crippen LogP contribution in [0.25, 0.3) is 0 Å². The lowest BCUT2D eigenvalue weighted by Gasteiger charge is -2.29. The van der Waals surface area contributed by atoms with Gasteiger partial charge in [-0.3, -0.25) is 9.59 Å². The minimum absolute atomic E-state index is 0.0776. The molecular formula is C22H26N2O3. The summed E-state index contributed by atoms with van der Waals surface area (Å²) in [6.45, 7) is 5.23. The number of anilines is 1. The summed E-state index contributed by atoms with van der Waals surface area (Å²) < 4.78 is 0. The van der Waals surface area contributed by atoms with Crippen molar-refractivity contribution in [2.45, 2.75) is 39.2 Å². The highest BCUT2D eigenvalue weighted by Crippen LogP contribution is 2.16. The Labute approximate surface area is 160 Å². The number of carbonyl (C=O) groups excluding carboxylic acids is 2. The molecule has 0 saturated carbocycles. The largest absolute Gasteiger partial charge is 0.393 e. The number of rotatable bonds is 4. The summed E-state index contributed by atoms with van der Waals surface area (Å²) in [5.74, 6) is -0.0670. The van der Waals surface area contributed by atoms with E-state index >= 15 is 0 Å². The molecule has 1 aliphatic rings. The molecule has 0 radical (unpaired) electrons. The van der Waals surface area contributed by atoms with Gasteiger partial charge in [-0.25, -0.2) is 0 Å². The van der Waals surface area contributed by atoms with Crippen LogP contribution in [-0.4, -0.2) is 41.0 Å². The van der Waals surface area contributed by atoms with Gasteiger partial charge in [-0.1, -0.05) is 18.2 Å². The quantitative estimate of drug-likeness (QED) is 0.874. The van der Waals surface area contributed by atoms with Crippen molar-refractivity contribution in [2.24, 2.45) is 0 Å². The van der Waals surface area contributed by atoms with E-state index in [9.17, 15) is 14.7 Å². The van der Waals surface area contributed by atoms with Crippen LogP contribution in [0.15, 0.2) is 42.5 Å². The van der Waals surface area contributed by atoms with Crippen LogP contribution in [0, 0.1) is 13.8 Å². The van der Waals surface area contributed by atoms with E-state index in [4.69, 9.17) is 0 Å². The fraction of sp³-hybridized carbons (Fsp3) is 0.364. The molecule has 0 unspecified atom stereocenters. The first-order chi connectivity index (χ1) is 12.9. The van der Waals surface area contributed by atoms with Gasteiger partial charge in [0, 0.05) is 24.3 Å². The Morgan fingerprint density at radius 3 is 2.33 bits per heavy atom. The van der Waals surface area contributed by atoms with Crippen molar-refractivity contribution in [3.8, 4) is 0 Å². The third-order valence-electron chi connectivity index (χ3n) is 5.15. The highest BCUT2D eigenvalue weighted by atomic mass is 16.3. The molecule has 142 valence electrons. The highest BCUT2D eigenvalue weighted by molar-refractivity contribution is 6.04. The van der Waals surface area contributed by atoms with E-state index in [1.54, 1.807) is 0 Å². The van der Waals surface area contributed by atoms with Crippen LogP contribution in [0.4, 0.5) is 5.69 Å². The molecule has 1 aliphatic heterocycles. The Bertz CT molecular complexity index is 822. The maximum atomic E-state index is 12.4. The number of likely N-dealkylation sites (tertiary alicyclic amines) is 1. The molecule has 0 aromatic heterocycles. The SMILES string of the molecule is Cc1ccc(C(=O)Nc2ccc(CC(=O)N3CCC(O)CC3)cc2)cc1C. The van der Waals surface area contributed by atoms with Crippen molar-refractivity contribution in [3.63, 3.8) is 0 Å². The predicted octanol–water partition coefficient (Wildman–Crippen LogP) is 3.08. The van der Waals surface area contributed by atoms with Gasteiger partial charge in [-0.2, -0.15) is 0 Å². The zero-order valence-electron chi connectivity index (χ0n) is 15.9. The maximum Gasteiger partial charge on any atom is 0.255 e. The van der Waals surface area contributed by atoms with Crippen LogP contribution in [0.5, 0.6) is 0 Å². The van der Waals surface area contributed by atoms with Gasteiger partial charge in [0.25, 0.3) is 5.91 Å². The molecule has 0 aliphatic carbocycles. The van der Waals surface area contributed by atoms with E-state index in [1.807, 2.05) is 61.2 Å². The van der Waals surface area contributed by atoms with Crippen LogP contribution in [-0.2, 0) is 11.2 Å². The number of benzene rings is 2. The number of aliphatic hydroxyl groups is 1. The Kier molecular flexibility index (Phi) is 5.91. The Morgan fingerprint density at radius 1 is 1.04 bits per heavy atom. The molecule has 0 atom stereocenters. The first-order valence-corrected chi connectivity index (χ1v) is 9.36. The standard InChI is InChI=1S/C22H26N2O3/c1-15-3-6-18(13-16(15)2)22(27)23-19-7-4-17(5-8-19)14-21(26)24-11-9-20(25)10-12-24/h3-8,13,20,25H,9-12,14H2,1-2H3,(H,23,27). The lowest BCUT2D eigenvalue weighted by Crippen LogP contribution is -2.40. The van der Waals surface area contributed by atoms with E-state index in [2.05, 4.69) is 5.32 Å². The fourth-order valence-electron chi connectivity index (χ4n) is 3.19. The van der Waals surface area contributed by atoms with Crippen molar-refractivity contribution in [1.82, 2.24) is 4.90 Å². The van der Waals surface area contributed by atoms with E-state index in [-0.39, 0.29) is 17.9 Å². The van der Waals surface area contributed by atoms with Crippen LogP contribution < -0.4 is 5.32 Å². The normalized spacial score (nSPS) is 14.9. The highest BCUT2D eigenvalue weighted by Gasteiger charge is 2.21. The summed E-state index contributed by atoms with van der Waals surface area (Å²) in [6.07, 6.45) is 1.35. The second-order valence-corrected chi connectivity index (χ2v) is 7.24. The van der Waals surface area contributed by atoms with Crippen LogP contribution in [0.1, 0.15) is 39.9 Å². The molecular weight excluding hydrogens is 340 g/mol. The molecule has 2 aromatic carbocycles. The van der Waals surface area contributed by atoms with E-state index in [0.29, 0.717) is 43.6 Å². The Hall–Kier alpha value is -2.66. The molecule has 0 spiro atoms. The van der Waals surface area contributed by atoms with Gasteiger partial charge in [-0.15, -0.1) is 0 Å². The summed E-state index contributed by atoms with van der Waals surface area (Å²) in [5.41, 5.74) is 4.49. The number of hydrogen-bond acceptors (Lipinski definition) is 3. The molecule has 1 saturated heterocycles. The van der Waals surface area contributed by atoms with Crippen LogP contribution in [0.2, 0.25) is 0 Å². The molecule has 1 fully saturated rings. The summed E-state index contributed by atoms with van der Waals surface area (Å²) in [6, 6.07) is 13.0. The van der Waals surface area contributed by atoms with Gasteiger partial charge in [0.15, 0.2) is 0 Å². The average Bonchev–Trinajstić information content (AvgIpc) is 2.66. The van der Waals surface area contributed by atoms with E-state index in [0.717, 1.165) is 16.7 Å². The Morgan fingerprint density at radius 2 is 1.70 bits per heavy atom. The molecule has 5 heteroatoms. The zero-order valence-corrected chi connectivity index (χ0v) is 15.9. The summed E-state index contributed by atoms with van der Waals surface area (Å²) in [4.78, 5) is 26.5. The number of nitrogens with one attached hydrogen (secondary N) is 1. The number of nitrogens with zero attached hydrogens (tertiary/aromatic N) is 1. The average molecular weight is 366 g/mol. The van der Waals surface area contributed by atoms with Crippen molar-refractivity contribution in [1.29, 1.82) is 0 Å². The number of hydrogen-bond donors (Lipinski definition) is 2. The van der Waals surface area contributed by atoms with Gasteiger partial charge in [0.2, 0.25) is 5.91 Å². The maximum absolute atomic E-state index is 12.4. The predicted molar refractivity (Wildman–Crippen MR) is 106 cm³/mol. The molecule has 5 nitrogen and oxygen atoms in total. The number of carbonyl (C=O) groups is 2. The summed E-state index contributed by atoms with van der Waals surface area (Å²) in [7, 11) is 0. The fourth-order valence-corrected chi connectivity index (χ4v) is 3.19. The first kappa shape index (κ1) is 19.1. The molecule has 3 rings (SSSR count). The third-order valence-corrected chi connectivity index (χ3v) is 5.15. The van der Waals surface area contributed by atoms with Gasteiger partial charge in [0.1, 0.15) is 0 Å². The van der Waals surface area contributed by atoms with E-state index in [1.165, 1.54) is 0 Å². The molecule has 2 N–H and O–H groups in total. The van der Waals surface area contributed by atoms with Gasteiger partial charge in [0.05, 0.1) is 12.5 Å². The molecule has 2 amide bonds. The Balaban J connectivity index is 1.57. The monoisotopic (exact) mass is 366 g/mol. The molecule has 1 heterocycles. The topological polar surface area (TPSA) is 69.6 Å². The molecule has 0 bridgehead atoms. The number of aryl methyl sites for hydroxylation is 2. The van der Waals surface area contributed by atoms with Crippen molar-refractivity contribution in [3.05, 3.63) is 64.7 Å². The second kappa shape index (κ2) is 8.35. The zero-order chi connectivity index (χ0) is 19.4. The summed E-state index contributed by atoms with van der Waals surface area (Å²) >= 11 is 0. The first-order valence-electron chi connectivity index (χ1n) is 9.36. The minimum atomic E-state index is -0.283. The summed E-state index contributed by atoms with van der Waals surface area (Å²) in [5, 5.41) is 12.4. The van der Waals surface area contributed by atoms with E-state index < -0.39 is 0 Å². The third kappa shape index (κ3) is 4.95. The van der Waals surface area contributed by atoms with Gasteiger partial charge < -0.3 is 15.3 Å². The van der Waals surface area contributed by atoms with Gasteiger partial charge >= 0.3 is 0 Å². The van der Waals surface area contributed by atoms with Crippen LogP contribution >= 0.6 is 0 Å². The lowest BCUT2D eigenvalue weighted by atomic mass is 10.1. The number of amides is 2. The smallest absolute Gasteiger partial charge is 0.255 e. The second-order valence-electron chi connectivity index (χ2n) is 7.24. The van der Waals surface area contributed by atoms with Crippen molar-refractivity contribution in [2.75, 3.05) is 18.4 Å².